The lowest BCUT2D eigenvalue weighted by Gasteiger charge is -2.09. The molecule has 1 aromatic carbocycles. The zero-order valence-corrected chi connectivity index (χ0v) is 14.2. The van der Waals surface area contributed by atoms with Gasteiger partial charge in [0, 0.05) is 9.99 Å². The molecule has 0 amide bonds. The molecule has 0 aromatic heterocycles. The SMILES string of the molecule is N#CCCCOc1c(I)cc(I)cc1I. The maximum atomic E-state index is 8.40. The number of benzene rings is 1. The highest BCUT2D eigenvalue weighted by molar-refractivity contribution is 14.1. The Morgan fingerprint density at radius 2 is 1.80 bits per heavy atom. The van der Waals surface area contributed by atoms with Crippen molar-refractivity contribution in [1.82, 2.24) is 0 Å². The van der Waals surface area contributed by atoms with Crippen LogP contribution < -0.4 is 4.74 Å². The van der Waals surface area contributed by atoms with Crippen molar-refractivity contribution < 1.29 is 4.74 Å². The first-order valence-electron chi connectivity index (χ1n) is 4.29. The van der Waals surface area contributed by atoms with Gasteiger partial charge in [-0.3, -0.25) is 0 Å². The van der Waals surface area contributed by atoms with Crippen LogP contribution >= 0.6 is 67.8 Å². The molecule has 15 heavy (non-hydrogen) atoms. The zero-order chi connectivity index (χ0) is 11.3. The maximum Gasteiger partial charge on any atom is 0.145 e. The second-order valence-electron chi connectivity index (χ2n) is 2.81. The highest BCUT2D eigenvalue weighted by Crippen LogP contribution is 2.29. The van der Waals surface area contributed by atoms with Crippen LogP contribution in [0.5, 0.6) is 5.75 Å². The average Bonchev–Trinajstić information content (AvgIpc) is 2.15. The minimum absolute atomic E-state index is 0.553. The fourth-order valence-corrected chi connectivity index (χ4v) is 4.89. The van der Waals surface area contributed by atoms with E-state index in [1.807, 2.05) is 0 Å². The first-order chi connectivity index (χ1) is 7.15. The topological polar surface area (TPSA) is 33.0 Å². The van der Waals surface area contributed by atoms with Crippen molar-refractivity contribution in [3.63, 3.8) is 0 Å². The quantitative estimate of drug-likeness (QED) is 0.426. The summed E-state index contributed by atoms with van der Waals surface area (Å²) in [5, 5.41) is 8.40. The number of rotatable bonds is 4. The van der Waals surface area contributed by atoms with E-state index in [1.165, 1.54) is 3.57 Å². The molecule has 0 heterocycles. The number of ether oxygens (including phenoxy) is 1. The third kappa shape index (κ3) is 4.60. The van der Waals surface area contributed by atoms with Gasteiger partial charge in [0.1, 0.15) is 5.75 Å². The summed E-state index contributed by atoms with van der Waals surface area (Å²) in [5.74, 6) is 0.939. The fraction of sp³-hybridized carbons (Fsp3) is 0.300. The molecule has 0 unspecified atom stereocenters. The van der Waals surface area contributed by atoms with Gasteiger partial charge in [-0.15, -0.1) is 0 Å². The van der Waals surface area contributed by atoms with Crippen molar-refractivity contribution >= 4 is 67.8 Å². The number of hydrogen-bond acceptors (Lipinski definition) is 2. The highest BCUT2D eigenvalue weighted by atomic mass is 127. The molecule has 2 nitrogen and oxygen atoms in total. The Bertz CT molecular complexity index is 364. The van der Waals surface area contributed by atoms with Crippen molar-refractivity contribution in [3.05, 3.63) is 22.8 Å². The molecular weight excluding hydrogens is 531 g/mol. The number of unbranched alkanes of at least 4 members (excludes halogenated alkanes) is 1. The number of nitriles is 1. The Hall–Kier alpha value is 0.700. The van der Waals surface area contributed by atoms with Crippen molar-refractivity contribution in [1.29, 1.82) is 5.26 Å². The Balaban J connectivity index is 2.65. The second kappa shape index (κ2) is 7.11. The lowest BCUT2D eigenvalue weighted by atomic mass is 10.3. The van der Waals surface area contributed by atoms with Gasteiger partial charge in [0.15, 0.2) is 0 Å². The van der Waals surface area contributed by atoms with Crippen LogP contribution in [0, 0.1) is 22.0 Å². The van der Waals surface area contributed by atoms with Gasteiger partial charge in [-0.25, -0.2) is 0 Å². The second-order valence-corrected chi connectivity index (χ2v) is 6.38. The molecule has 0 fully saturated rings. The van der Waals surface area contributed by atoms with Crippen molar-refractivity contribution in [3.8, 4) is 11.8 Å². The average molecular weight is 539 g/mol. The molecule has 0 saturated carbocycles. The number of nitrogens with zero attached hydrogens (tertiary/aromatic N) is 1. The largest absolute Gasteiger partial charge is 0.491 e. The summed E-state index contributed by atoms with van der Waals surface area (Å²) in [6.45, 7) is 0.611. The molecule has 0 N–H and O–H groups in total. The Morgan fingerprint density at radius 3 is 2.33 bits per heavy atom. The van der Waals surface area contributed by atoms with E-state index in [1.54, 1.807) is 0 Å². The molecule has 80 valence electrons. The molecule has 0 aliphatic heterocycles. The van der Waals surface area contributed by atoms with E-state index < -0.39 is 0 Å². The molecule has 5 heteroatoms. The normalized spacial score (nSPS) is 9.73. The summed E-state index contributed by atoms with van der Waals surface area (Å²) in [6, 6.07) is 6.28. The minimum Gasteiger partial charge on any atom is -0.491 e. The van der Waals surface area contributed by atoms with Crippen LogP contribution in [0.4, 0.5) is 0 Å². The van der Waals surface area contributed by atoms with Crippen LogP contribution in [0.15, 0.2) is 12.1 Å². The summed E-state index contributed by atoms with van der Waals surface area (Å²) in [7, 11) is 0. The Morgan fingerprint density at radius 1 is 1.20 bits per heavy atom. The molecule has 0 saturated heterocycles. The first-order valence-corrected chi connectivity index (χ1v) is 7.53. The van der Waals surface area contributed by atoms with Gasteiger partial charge < -0.3 is 4.74 Å². The summed E-state index contributed by atoms with van der Waals surface area (Å²) in [5.41, 5.74) is 0. The van der Waals surface area contributed by atoms with E-state index in [-0.39, 0.29) is 0 Å². The van der Waals surface area contributed by atoms with Gasteiger partial charge in [-0.1, -0.05) is 0 Å². The van der Waals surface area contributed by atoms with Crippen molar-refractivity contribution in [2.75, 3.05) is 6.61 Å². The van der Waals surface area contributed by atoms with Crippen LogP contribution in [-0.2, 0) is 0 Å². The van der Waals surface area contributed by atoms with E-state index >= 15 is 0 Å². The van der Waals surface area contributed by atoms with E-state index in [0.717, 1.165) is 19.3 Å². The van der Waals surface area contributed by atoms with Crippen LogP contribution in [-0.4, -0.2) is 6.61 Å². The molecule has 0 aliphatic carbocycles. The third-order valence-electron chi connectivity index (χ3n) is 1.64. The summed E-state index contributed by atoms with van der Waals surface area (Å²) < 4.78 is 9.12. The minimum atomic E-state index is 0.553. The van der Waals surface area contributed by atoms with E-state index in [4.69, 9.17) is 10.00 Å². The molecule has 0 aliphatic rings. The van der Waals surface area contributed by atoms with E-state index in [9.17, 15) is 0 Å². The molecule has 0 atom stereocenters. The first kappa shape index (κ1) is 13.8. The smallest absolute Gasteiger partial charge is 0.145 e. The van der Waals surface area contributed by atoms with E-state index in [2.05, 4.69) is 86.0 Å². The van der Waals surface area contributed by atoms with Crippen molar-refractivity contribution in [2.24, 2.45) is 0 Å². The van der Waals surface area contributed by atoms with Crippen LogP contribution in [0.3, 0.4) is 0 Å². The van der Waals surface area contributed by atoms with Gasteiger partial charge in [0.25, 0.3) is 0 Å². The molecule has 0 radical (unpaired) electrons. The predicted molar refractivity (Wildman–Crippen MR) is 84.9 cm³/mol. The predicted octanol–water partition coefficient (Wildman–Crippen LogP) is 4.18. The molecule has 1 rings (SSSR count). The standard InChI is InChI=1S/C10H8I3NO/c11-7-5-8(12)10(9(13)6-7)15-4-2-1-3-14/h5-6H,1-2,4H2. The Labute approximate surface area is 130 Å². The van der Waals surface area contributed by atoms with Gasteiger partial charge in [-0.2, -0.15) is 5.26 Å². The van der Waals surface area contributed by atoms with Gasteiger partial charge in [0.05, 0.1) is 19.8 Å². The molecule has 1 aromatic rings. The van der Waals surface area contributed by atoms with Gasteiger partial charge >= 0.3 is 0 Å². The zero-order valence-electron chi connectivity index (χ0n) is 7.77. The van der Waals surface area contributed by atoms with Crippen LogP contribution in [0.1, 0.15) is 12.8 Å². The monoisotopic (exact) mass is 539 g/mol. The van der Waals surface area contributed by atoms with Crippen molar-refractivity contribution in [2.45, 2.75) is 12.8 Å². The molecular formula is C10H8I3NO. The molecule has 0 bridgehead atoms. The Kier molecular flexibility index (Phi) is 6.52. The van der Waals surface area contributed by atoms with E-state index in [0.29, 0.717) is 13.0 Å². The fourth-order valence-electron chi connectivity index (χ4n) is 0.992. The van der Waals surface area contributed by atoms with Crippen LogP contribution in [0.25, 0.3) is 0 Å². The third-order valence-corrected chi connectivity index (χ3v) is 3.87. The summed E-state index contributed by atoms with van der Waals surface area (Å²) in [4.78, 5) is 0. The van der Waals surface area contributed by atoms with Gasteiger partial charge in [-0.05, 0) is 86.3 Å². The number of hydrogen-bond donors (Lipinski definition) is 0. The lowest BCUT2D eigenvalue weighted by molar-refractivity contribution is 0.308. The highest BCUT2D eigenvalue weighted by Gasteiger charge is 2.07. The molecule has 0 spiro atoms. The lowest BCUT2D eigenvalue weighted by Crippen LogP contribution is -2.00. The maximum absolute atomic E-state index is 8.40. The summed E-state index contributed by atoms with van der Waals surface area (Å²) in [6.07, 6.45) is 1.34. The number of halogens is 3. The summed E-state index contributed by atoms with van der Waals surface area (Å²) >= 11 is 6.84. The van der Waals surface area contributed by atoms with Crippen LogP contribution in [0.2, 0.25) is 0 Å². The van der Waals surface area contributed by atoms with Gasteiger partial charge in [0.2, 0.25) is 0 Å².